The van der Waals surface area contributed by atoms with Crippen LogP contribution in [0.3, 0.4) is 0 Å². The number of aliphatic hydroxyl groups excluding tert-OH is 1. The summed E-state index contributed by atoms with van der Waals surface area (Å²) in [5.41, 5.74) is 0. The molecule has 70 valence electrons. The highest BCUT2D eigenvalue weighted by Crippen LogP contribution is 2.05. The molecule has 11 heavy (non-hydrogen) atoms. The van der Waals surface area contributed by atoms with Crippen LogP contribution in [0.5, 0.6) is 0 Å². The van der Waals surface area contributed by atoms with Crippen LogP contribution in [0.25, 0.3) is 0 Å². The summed E-state index contributed by atoms with van der Waals surface area (Å²) in [7, 11) is 4.15. The van der Waals surface area contributed by atoms with Gasteiger partial charge >= 0.3 is 0 Å². The van der Waals surface area contributed by atoms with E-state index in [-0.39, 0.29) is 12.4 Å². The Kier molecular flexibility index (Phi) is 10.4. The molecule has 1 unspecified atom stereocenters. The minimum absolute atomic E-state index is 0. The van der Waals surface area contributed by atoms with Gasteiger partial charge in [-0.25, -0.2) is 0 Å². The number of nitrogens with zero attached hydrogens (tertiary/aromatic N) is 1. The Balaban J connectivity index is 0. The molecule has 0 spiro atoms. The molecule has 2 nitrogen and oxygen atoms in total. The van der Waals surface area contributed by atoms with Crippen LogP contribution in [-0.2, 0) is 0 Å². The Hall–Kier alpha value is 0.210. The maximum atomic E-state index is 8.59. The average Bonchev–Trinajstić information content (AvgIpc) is 1.85. The predicted octanol–water partition coefficient (Wildman–Crippen LogP) is 1.38. The van der Waals surface area contributed by atoms with Crippen LogP contribution in [0.2, 0.25) is 0 Å². The summed E-state index contributed by atoms with van der Waals surface area (Å²) < 4.78 is 0. The van der Waals surface area contributed by atoms with E-state index in [4.69, 9.17) is 5.11 Å². The zero-order chi connectivity index (χ0) is 7.98. The summed E-state index contributed by atoms with van der Waals surface area (Å²) in [5.74, 6) is 0.660. The van der Waals surface area contributed by atoms with Crippen LogP contribution >= 0.6 is 12.4 Å². The molecule has 0 bridgehead atoms. The van der Waals surface area contributed by atoms with E-state index in [1.807, 2.05) is 0 Å². The van der Waals surface area contributed by atoms with Crippen molar-refractivity contribution in [1.82, 2.24) is 4.90 Å². The van der Waals surface area contributed by atoms with Gasteiger partial charge in [0.05, 0.1) is 0 Å². The lowest BCUT2D eigenvalue weighted by atomic mass is 10.0. The van der Waals surface area contributed by atoms with Crippen LogP contribution in [0.4, 0.5) is 0 Å². The molecule has 0 saturated carbocycles. The van der Waals surface area contributed by atoms with Crippen molar-refractivity contribution < 1.29 is 5.11 Å². The molecule has 0 aliphatic rings. The number of halogens is 1. The van der Waals surface area contributed by atoms with Crippen LogP contribution in [0.15, 0.2) is 0 Å². The van der Waals surface area contributed by atoms with Crippen molar-refractivity contribution in [1.29, 1.82) is 0 Å². The van der Waals surface area contributed by atoms with Crippen molar-refractivity contribution in [3.63, 3.8) is 0 Å². The van der Waals surface area contributed by atoms with Gasteiger partial charge in [-0.05, 0) is 39.4 Å². The predicted molar refractivity (Wildman–Crippen MR) is 51.3 cm³/mol. The van der Waals surface area contributed by atoms with E-state index in [1.165, 1.54) is 6.42 Å². The van der Waals surface area contributed by atoms with Crippen molar-refractivity contribution in [3.8, 4) is 0 Å². The smallest absolute Gasteiger partial charge is 0.0433 e. The molecule has 1 N–H and O–H groups in total. The summed E-state index contributed by atoms with van der Waals surface area (Å²) >= 11 is 0. The van der Waals surface area contributed by atoms with Gasteiger partial charge in [0.2, 0.25) is 0 Å². The highest BCUT2D eigenvalue weighted by Gasteiger charge is 2.00. The monoisotopic (exact) mass is 181 g/mol. The molecule has 0 aromatic rings. The SMILES string of the molecule is CC(CCO)CCN(C)C.Cl. The third kappa shape index (κ3) is 10.2. The van der Waals surface area contributed by atoms with Crippen molar-refractivity contribution >= 4 is 12.4 Å². The molecule has 0 saturated heterocycles. The molecule has 0 radical (unpaired) electrons. The second-order valence-electron chi connectivity index (χ2n) is 3.21. The van der Waals surface area contributed by atoms with Gasteiger partial charge in [-0.1, -0.05) is 6.92 Å². The minimum Gasteiger partial charge on any atom is -0.396 e. The topological polar surface area (TPSA) is 23.5 Å². The maximum absolute atomic E-state index is 8.59. The first-order valence-electron chi connectivity index (χ1n) is 3.92. The zero-order valence-corrected chi connectivity index (χ0v) is 8.52. The van der Waals surface area contributed by atoms with Gasteiger partial charge in [0.1, 0.15) is 0 Å². The van der Waals surface area contributed by atoms with E-state index in [2.05, 4.69) is 25.9 Å². The number of hydrogen-bond donors (Lipinski definition) is 1. The van der Waals surface area contributed by atoms with Crippen molar-refractivity contribution in [2.24, 2.45) is 5.92 Å². The molecule has 0 fully saturated rings. The Bertz CT molecular complexity index is 78.5. The maximum Gasteiger partial charge on any atom is 0.0433 e. The molecular weight excluding hydrogens is 162 g/mol. The molecule has 0 heterocycles. The summed E-state index contributed by atoms with van der Waals surface area (Å²) in [6, 6.07) is 0. The fourth-order valence-corrected chi connectivity index (χ4v) is 0.843. The van der Waals surface area contributed by atoms with Gasteiger partial charge in [-0.2, -0.15) is 0 Å². The Labute approximate surface area is 76.0 Å². The fraction of sp³-hybridized carbons (Fsp3) is 1.00. The molecule has 0 aliphatic carbocycles. The average molecular weight is 182 g/mol. The summed E-state index contributed by atoms with van der Waals surface area (Å²) in [6.45, 7) is 3.63. The molecule has 3 heteroatoms. The number of aliphatic hydroxyl groups is 1. The molecule has 0 aromatic heterocycles. The lowest BCUT2D eigenvalue weighted by Crippen LogP contribution is -2.15. The van der Waals surface area contributed by atoms with E-state index in [0.717, 1.165) is 13.0 Å². The lowest BCUT2D eigenvalue weighted by Gasteiger charge is -2.13. The lowest BCUT2D eigenvalue weighted by molar-refractivity contribution is 0.249. The minimum atomic E-state index is 0. The quantitative estimate of drug-likeness (QED) is 0.693. The van der Waals surface area contributed by atoms with Gasteiger partial charge in [0.25, 0.3) is 0 Å². The van der Waals surface area contributed by atoms with Gasteiger partial charge in [0, 0.05) is 6.61 Å². The normalized spacial score (nSPS) is 12.8. The molecule has 0 amide bonds. The first kappa shape index (κ1) is 13.8. The molecule has 0 rings (SSSR count). The van der Waals surface area contributed by atoms with E-state index in [9.17, 15) is 0 Å². The highest BCUT2D eigenvalue weighted by atomic mass is 35.5. The third-order valence-corrected chi connectivity index (χ3v) is 1.69. The second-order valence-corrected chi connectivity index (χ2v) is 3.21. The Morgan fingerprint density at radius 2 is 1.82 bits per heavy atom. The van der Waals surface area contributed by atoms with Crippen molar-refractivity contribution in [3.05, 3.63) is 0 Å². The van der Waals surface area contributed by atoms with Crippen molar-refractivity contribution in [2.45, 2.75) is 19.8 Å². The molecule has 0 aromatic carbocycles. The van der Waals surface area contributed by atoms with Gasteiger partial charge in [-0.3, -0.25) is 0 Å². The van der Waals surface area contributed by atoms with Crippen LogP contribution in [0.1, 0.15) is 19.8 Å². The van der Waals surface area contributed by atoms with Gasteiger partial charge in [0.15, 0.2) is 0 Å². The van der Waals surface area contributed by atoms with Gasteiger partial charge < -0.3 is 10.0 Å². The molecule has 1 atom stereocenters. The van der Waals surface area contributed by atoms with Crippen LogP contribution in [-0.4, -0.2) is 37.3 Å². The zero-order valence-electron chi connectivity index (χ0n) is 7.71. The van der Waals surface area contributed by atoms with E-state index in [0.29, 0.717) is 12.5 Å². The largest absolute Gasteiger partial charge is 0.396 e. The summed E-state index contributed by atoms with van der Waals surface area (Å²) in [6.07, 6.45) is 2.13. The fourth-order valence-electron chi connectivity index (χ4n) is 0.843. The Morgan fingerprint density at radius 3 is 2.18 bits per heavy atom. The first-order chi connectivity index (χ1) is 4.66. The van der Waals surface area contributed by atoms with E-state index in [1.54, 1.807) is 0 Å². The van der Waals surface area contributed by atoms with E-state index < -0.39 is 0 Å². The third-order valence-electron chi connectivity index (χ3n) is 1.69. The summed E-state index contributed by atoms with van der Waals surface area (Å²) in [4.78, 5) is 2.17. The standard InChI is InChI=1S/C8H19NO.ClH/c1-8(5-7-10)4-6-9(2)3;/h8,10H,4-7H2,1-3H3;1H. The summed E-state index contributed by atoms with van der Waals surface area (Å²) in [5, 5.41) is 8.59. The Morgan fingerprint density at radius 1 is 1.27 bits per heavy atom. The molecular formula is C8H20ClNO. The van der Waals surface area contributed by atoms with E-state index >= 15 is 0 Å². The second kappa shape index (κ2) is 8.31. The van der Waals surface area contributed by atoms with Gasteiger partial charge in [-0.15, -0.1) is 12.4 Å². The first-order valence-corrected chi connectivity index (χ1v) is 3.92. The highest BCUT2D eigenvalue weighted by molar-refractivity contribution is 5.85. The number of rotatable bonds is 5. The van der Waals surface area contributed by atoms with Crippen LogP contribution in [0, 0.1) is 5.92 Å². The molecule has 0 aliphatic heterocycles. The van der Waals surface area contributed by atoms with Crippen LogP contribution < -0.4 is 0 Å². The number of hydrogen-bond acceptors (Lipinski definition) is 2. The van der Waals surface area contributed by atoms with Crippen molar-refractivity contribution in [2.75, 3.05) is 27.2 Å².